The molecule has 0 atom stereocenters. The Morgan fingerprint density at radius 1 is 0.923 bits per heavy atom. The van der Waals surface area contributed by atoms with Crippen molar-refractivity contribution in [1.82, 2.24) is 0 Å². The third kappa shape index (κ3) is 4.94. The van der Waals surface area contributed by atoms with Crippen molar-refractivity contribution in [3.05, 3.63) is 88.8 Å². The van der Waals surface area contributed by atoms with Crippen LogP contribution in [-0.2, 0) is 4.79 Å². The number of nitrogens with one attached hydrogen (secondary N) is 2. The van der Waals surface area contributed by atoms with Gasteiger partial charge in [-0.15, -0.1) is 0 Å². The van der Waals surface area contributed by atoms with Gasteiger partial charge in [0, 0.05) is 21.9 Å². The molecular weight excluding hydrogens is 396 g/mol. The first-order chi connectivity index (χ1) is 12.6. The second-order valence-corrected chi connectivity index (χ2v) is 6.30. The van der Waals surface area contributed by atoms with Crippen molar-refractivity contribution in [1.29, 1.82) is 0 Å². The van der Waals surface area contributed by atoms with Crippen LogP contribution in [0.3, 0.4) is 0 Å². The minimum Gasteiger partial charge on any atom is -0.459 e. The third-order valence-corrected chi connectivity index (χ3v) is 3.92. The van der Waals surface area contributed by atoms with Crippen LogP contribution >= 0.6 is 15.9 Å². The number of benzene rings is 2. The quantitative estimate of drug-likeness (QED) is 0.584. The number of rotatable bonds is 5. The fourth-order valence-electron chi connectivity index (χ4n) is 2.20. The molecule has 1 aromatic heterocycles. The lowest BCUT2D eigenvalue weighted by atomic mass is 10.2. The van der Waals surface area contributed by atoms with Gasteiger partial charge in [-0.2, -0.15) is 0 Å². The van der Waals surface area contributed by atoms with Gasteiger partial charge in [0.25, 0.3) is 5.91 Å². The number of carbonyl (C=O) groups is 2. The minimum atomic E-state index is -0.330. The van der Waals surface area contributed by atoms with E-state index in [4.69, 9.17) is 4.42 Å². The van der Waals surface area contributed by atoms with Gasteiger partial charge in [0.2, 0.25) is 5.91 Å². The van der Waals surface area contributed by atoms with Crippen LogP contribution in [0.5, 0.6) is 0 Å². The zero-order chi connectivity index (χ0) is 18.4. The van der Waals surface area contributed by atoms with Crippen LogP contribution in [0.1, 0.15) is 16.1 Å². The van der Waals surface area contributed by atoms with Crippen molar-refractivity contribution in [2.75, 3.05) is 10.6 Å². The van der Waals surface area contributed by atoms with Crippen LogP contribution in [0, 0.1) is 0 Å². The highest BCUT2D eigenvalue weighted by molar-refractivity contribution is 9.10. The van der Waals surface area contributed by atoms with Crippen molar-refractivity contribution < 1.29 is 14.0 Å². The summed E-state index contributed by atoms with van der Waals surface area (Å²) in [5.41, 5.74) is 2.16. The third-order valence-electron chi connectivity index (χ3n) is 3.43. The molecule has 0 bridgehead atoms. The van der Waals surface area contributed by atoms with E-state index < -0.39 is 0 Å². The Bertz CT molecular complexity index is 932. The predicted molar refractivity (Wildman–Crippen MR) is 105 cm³/mol. The minimum absolute atomic E-state index is 0.236. The van der Waals surface area contributed by atoms with Crippen LogP contribution in [-0.4, -0.2) is 11.8 Å². The van der Waals surface area contributed by atoms with Gasteiger partial charge in [-0.05, 0) is 60.2 Å². The topological polar surface area (TPSA) is 71.3 Å². The fraction of sp³-hybridized carbons (Fsp3) is 0. The molecule has 0 spiro atoms. The zero-order valence-electron chi connectivity index (χ0n) is 13.6. The van der Waals surface area contributed by atoms with Gasteiger partial charge in [-0.25, -0.2) is 0 Å². The largest absolute Gasteiger partial charge is 0.459 e. The summed E-state index contributed by atoms with van der Waals surface area (Å²) in [4.78, 5) is 23.9. The maximum Gasteiger partial charge on any atom is 0.291 e. The number of anilines is 2. The molecule has 6 heteroatoms. The van der Waals surface area contributed by atoms with Gasteiger partial charge in [0.15, 0.2) is 5.76 Å². The first kappa shape index (κ1) is 17.7. The standard InChI is InChI=1S/C20H15BrN2O3/c21-15-4-1-3-14(13-15)6-11-19(24)22-16-7-9-17(10-8-16)23-20(25)18-5-2-12-26-18/h1-13H,(H,22,24)(H,23,25)/b11-6+. The van der Waals surface area contributed by atoms with Gasteiger partial charge in [0.05, 0.1) is 6.26 Å². The molecule has 5 nitrogen and oxygen atoms in total. The average molecular weight is 411 g/mol. The van der Waals surface area contributed by atoms with Gasteiger partial charge in [-0.3, -0.25) is 9.59 Å². The second-order valence-electron chi connectivity index (χ2n) is 5.39. The van der Waals surface area contributed by atoms with Gasteiger partial charge >= 0.3 is 0 Å². The average Bonchev–Trinajstić information content (AvgIpc) is 3.17. The van der Waals surface area contributed by atoms with E-state index in [2.05, 4.69) is 26.6 Å². The van der Waals surface area contributed by atoms with E-state index in [0.717, 1.165) is 10.0 Å². The highest BCUT2D eigenvalue weighted by Crippen LogP contribution is 2.16. The van der Waals surface area contributed by atoms with Crippen molar-refractivity contribution in [2.45, 2.75) is 0 Å². The van der Waals surface area contributed by atoms with Crippen LogP contribution in [0.25, 0.3) is 6.08 Å². The Morgan fingerprint density at radius 3 is 2.31 bits per heavy atom. The van der Waals surface area contributed by atoms with Crippen molar-refractivity contribution in [3.8, 4) is 0 Å². The fourth-order valence-corrected chi connectivity index (χ4v) is 2.62. The maximum atomic E-state index is 12.0. The lowest BCUT2D eigenvalue weighted by molar-refractivity contribution is -0.111. The Hall–Kier alpha value is -3.12. The molecule has 3 aromatic rings. The van der Waals surface area contributed by atoms with Crippen molar-refractivity contribution >= 4 is 45.2 Å². The van der Waals surface area contributed by atoms with Gasteiger partial charge in [0.1, 0.15) is 0 Å². The number of amides is 2. The first-order valence-corrected chi connectivity index (χ1v) is 8.59. The van der Waals surface area contributed by atoms with E-state index in [-0.39, 0.29) is 17.6 Å². The van der Waals surface area contributed by atoms with Crippen LogP contribution in [0.4, 0.5) is 11.4 Å². The Morgan fingerprint density at radius 2 is 1.65 bits per heavy atom. The molecule has 2 N–H and O–H groups in total. The van der Waals surface area contributed by atoms with Crippen molar-refractivity contribution in [3.63, 3.8) is 0 Å². The number of carbonyl (C=O) groups excluding carboxylic acids is 2. The number of hydrogen-bond acceptors (Lipinski definition) is 3. The summed E-state index contributed by atoms with van der Waals surface area (Å²) in [5, 5.41) is 5.48. The molecule has 26 heavy (non-hydrogen) atoms. The predicted octanol–water partition coefficient (Wildman–Crippen LogP) is 4.95. The molecule has 0 saturated carbocycles. The monoisotopic (exact) mass is 410 g/mol. The normalized spacial score (nSPS) is 10.7. The molecule has 0 aliphatic rings. The van der Waals surface area contributed by atoms with E-state index in [0.29, 0.717) is 11.4 Å². The van der Waals surface area contributed by atoms with E-state index in [1.807, 2.05) is 24.3 Å². The first-order valence-electron chi connectivity index (χ1n) is 7.80. The summed E-state index contributed by atoms with van der Waals surface area (Å²) >= 11 is 3.39. The molecular formula is C20H15BrN2O3. The highest BCUT2D eigenvalue weighted by Gasteiger charge is 2.08. The Kier molecular flexibility index (Phi) is 5.66. The van der Waals surface area contributed by atoms with E-state index in [1.165, 1.54) is 12.3 Å². The summed E-state index contributed by atoms with van der Waals surface area (Å²) in [5.74, 6) is -0.332. The molecule has 0 aliphatic heterocycles. The molecule has 2 amide bonds. The Balaban J connectivity index is 1.57. The molecule has 2 aromatic carbocycles. The molecule has 3 rings (SSSR count). The zero-order valence-corrected chi connectivity index (χ0v) is 15.2. The lowest BCUT2D eigenvalue weighted by Crippen LogP contribution is -2.11. The van der Waals surface area contributed by atoms with E-state index >= 15 is 0 Å². The van der Waals surface area contributed by atoms with Crippen LogP contribution in [0.15, 0.2) is 81.9 Å². The second kappa shape index (κ2) is 8.31. The van der Waals surface area contributed by atoms with E-state index in [9.17, 15) is 9.59 Å². The smallest absolute Gasteiger partial charge is 0.291 e. The molecule has 0 fully saturated rings. The summed E-state index contributed by atoms with van der Waals surface area (Å²) < 4.78 is 5.99. The van der Waals surface area contributed by atoms with E-state index in [1.54, 1.807) is 42.5 Å². The summed E-state index contributed by atoms with van der Waals surface area (Å²) in [6, 6.07) is 17.7. The molecule has 0 aliphatic carbocycles. The molecule has 0 unspecified atom stereocenters. The number of hydrogen-bond donors (Lipinski definition) is 2. The Labute approximate surface area is 158 Å². The summed E-state index contributed by atoms with van der Waals surface area (Å²) in [7, 11) is 0. The maximum absolute atomic E-state index is 12.0. The van der Waals surface area contributed by atoms with Crippen LogP contribution < -0.4 is 10.6 Å². The molecule has 0 radical (unpaired) electrons. The number of halogens is 1. The highest BCUT2D eigenvalue weighted by atomic mass is 79.9. The van der Waals surface area contributed by atoms with Crippen molar-refractivity contribution in [2.24, 2.45) is 0 Å². The summed E-state index contributed by atoms with van der Waals surface area (Å²) in [6.45, 7) is 0. The molecule has 130 valence electrons. The lowest BCUT2D eigenvalue weighted by Gasteiger charge is -2.06. The summed E-state index contributed by atoms with van der Waals surface area (Å²) in [6.07, 6.45) is 4.64. The molecule has 0 saturated heterocycles. The SMILES string of the molecule is O=C(/C=C/c1cccc(Br)c1)Nc1ccc(NC(=O)c2ccco2)cc1. The molecule has 1 heterocycles. The van der Waals surface area contributed by atoms with Crippen LogP contribution in [0.2, 0.25) is 0 Å². The number of furan rings is 1. The van der Waals surface area contributed by atoms with Gasteiger partial charge < -0.3 is 15.1 Å². The van der Waals surface area contributed by atoms with Gasteiger partial charge in [-0.1, -0.05) is 28.1 Å².